The molecule has 0 spiro atoms. The Morgan fingerprint density at radius 1 is 0.694 bits per heavy atom. The molecule has 4 aromatic carbocycles. The molecule has 0 heterocycles. The van der Waals surface area contributed by atoms with Crippen LogP contribution in [0, 0.1) is 0 Å². The highest BCUT2D eigenvalue weighted by Gasteiger charge is 2.39. The van der Waals surface area contributed by atoms with Crippen molar-refractivity contribution < 1.29 is 19.8 Å². The van der Waals surface area contributed by atoms with E-state index < -0.39 is 30.0 Å². The molecule has 0 saturated heterocycles. The monoisotopic (exact) mass is 480 g/mol. The van der Waals surface area contributed by atoms with Crippen molar-refractivity contribution in [3.63, 3.8) is 0 Å². The minimum Gasteiger partial charge on any atom is -0.508 e. The van der Waals surface area contributed by atoms with Crippen molar-refractivity contribution in [2.24, 2.45) is 0 Å². The smallest absolute Gasteiger partial charge is 0.322 e. The van der Waals surface area contributed by atoms with E-state index in [1.165, 1.54) is 0 Å². The minimum atomic E-state index is -1.12. The summed E-state index contributed by atoms with van der Waals surface area (Å²) in [6.07, 6.45) is 0.278. The van der Waals surface area contributed by atoms with Gasteiger partial charge in [0.1, 0.15) is 12.3 Å². The van der Waals surface area contributed by atoms with E-state index in [0.717, 1.165) is 22.3 Å². The summed E-state index contributed by atoms with van der Waals surface area (Å²) in [6.45, 7) is -0.485. The topological polar surface area (TPSA) is 98.7 Å². The molecule has 4 N–H and O–H groups in total. The van der Waals surface area contributed by atoms with Crippen molar-refractivity contribution >= 4 is 11.9 Å². The van der Waals surface area contributed by atoms with Crippen LogP contribution in [-0.2, 0) is 21.5 Å². The van der Waals surface area contributed by atoms with Gasteiger partial charge in [-0.25, -0.2) is 0 Å². The van der Waals surface area contributed by atoms with Crippen molar-refractivity contribution in [2.45, 2.75) is 18.0 Å². The average Bonchev–Trinajstić information content (AvgIpc) is 2.92. The molecule has 1 amide bonds. The molecule has 6 heteroatoms. The Morgan fingerprint density at radius 2 is 1.14 bits per heavy atom. The van der Waals surface area contributed by atoms with Crippen LogP contribution in [0.2, 0.25) is 0 Å². The molecule has 1 atom stereocenters. The summed E-state index contributed by atoms with van der Waals surface area (Å²) in [5.74, 6) is -1.42. The van der Waals surface area contributed by atoms with E-state index in [-0.39, 0.29) is 12.2 Å². The number of amides is 1. The minimum absolute atomic E-state index is 0.130. The molecule has 0 radical (unpaired) electrons. The standard InChI is InChI=1S/C30H28N2O4/c33-26-18-16-22(17-19-26)20-27(29(36)31-21-28(34)35)32-30(23-10-4-1-5-11-23,24-12-6-2-7-13-24)25-14-8-3-9-15-25/h1-19,27,32-33H,20-21H2,(H,31,36)(H,34,35)/t27-/m0/s1. The summed E-state index contributed by atoms with van der Waals surface area (Å²) in [7, 11) is 0. The fourth-order valence-electron chi connectivity index (χ4n) is 4.44. The zero-order valence-corrected chi connectivity index (χ0v) is 19.7. The van der Waals surface area contributed by atoms with E-state index in [1.807, 2.05) is 91.0 Å². The van der Waals surface area contributed by atoms with Crippen LogP contribution < -0.4 is 10.6 Å². The van der Waals surface area contributed by atoms with Crippen molar-refractivity contribution in [2.75, 3.05) is 6.54 Å². The SMILES string of the molecule is O=C(O)CNC(=O)[C@H](Cc1ccc(O)cc1)NC(c1ccccc1)(c1ccccc1)c1ccccc1. The van der Waals surface area contributed by atoms with E-state index in [1.54, 1.807) is 24.3 Å². The molecule has 0 unspecified atom stereocenters. The van der Waals surface area contributed by atoms with Crippen LogP contribution >= 0.6 is 0 Å². The maximum atomic E-state index is 13.4. The number of rotatable bonds is 10. The number of phenolic OH excluding ortho intramolecular Hbond substituents is 1. The molecule has 4 rings (SSSR count). The predicted molar refractivity (Wildman–Crippen MR) is 139 cm³/mol. The number of nitrogens with one attached hydrogen (secondary N) is 2. The third kappa shape index (κ3) is 5.62. The van der Waals surface area contributed by atoms with Crippen LogP contribution in [0.25, 0.3) is 0 Å². The van der Waals surface area contributed by atoms with E-state index in [2.05, 4.69) is 10.6 Å². The number of hydrogen-bond acceptors (Lipinski definition) is 4. The molecule has 0 aliphatic heterocycles. The summed E-state index contributed by atoms with van der Waals surface area (Å²) in [5.41, 5.74) is 2.71. The Balaban J connectivity index is 1.87. The van der Waals surface area contributed by atoms with Gasteiger partial charge in [-0.15, -0.1) is 0 Å². The van der Waals surface area contributed by atoms with Crippen LogP contribution in [-0.4, -0.2) is 34.7 Å². The van der Waals surface area contributed by atoms with Gasteiger partial charge < -0.3 is 15.5 Å². The Morgan fingerprint density at radius 3 is 1.56 bits per heavy atom. The van der Waals surface area contributed by atoms with E-state index in [4.69, 9.17) is 5.11 Å². The molecule has 36 heavy (non-hydrogen) atoms. The first kappa shape index (κ1) is 24.7. The molecule has 4 aromatic rings. The second-order valence-corrected chi connectivity index (χ2v) is 8.53. The van der Waals surface area contributed by atoms with Gasteiger partial charge in [0.2, 0.25) is 5.91 Å². The van der Waals surface area contributed by atoms with Gasteiger partial charge >= 0.3 is 5.97 Å². The second-order valence-electron chi connectivity index (χ2n) is 8.53. The lowest BCUT2D eigenvalue weighted by atomic mass is 9.76. The van der Waals surface area contributed by atoms with E-state index >= 15 is 0 Å². The van der Waals surface area contributed by atoms with Crippen LogP contribution in [0.15, 0.2) is 115 Å². The molecule has 0 aliphatic carbocycles. The fourth-order valence-corrected chi connectivity index (χ4v) is 4.44. The highest BCUT2D eigenvalue weighted by Crippen LogP contribution is 2.37. The maximum absolute atomic E-state index is 13.4. The molecule has 0 bridgehead atoms. The number of carbonyl (C=O) groups is 2. The molecule has 0 saturated carbocycles. The number of carbonyl (C=O) groups excluding carboxylic acids is 1. The summed E-state index contributed by atoms with van der Waals surface area (Å²) >= 11 is 0. The summed E-state index contributed by atoms with van der Waals surface area (Å²) in [6, 6.07) is 35.5. The van der Waals surface area contributed by atoms with Crippen LogP contribution in [0.4, 0.5) is 0 Å². The van der Waals surface area contributed by atoms with Gasteiger partial charge in [-0.3, -0.25) is 14.9 Å². The maximum Gasteiger partial charge on any atom is 0.322 e. The quantitative estimate of drug-likeness (QED) is 0.256. The Hall–Kier alpha value is -4.42. The van der Waals surface area contributed by atoms with E-state index in [9.17, 15) is 14.7 Å². The lowest BCUT2D eigenvalue weighted by Crippen LogP contribution is -2.56. The molecular weight excluding hydrogens is 452 g/mol. The average molecular weight is 481 g/mol. The van der Waals surface area contributed by atoms with Crippen molar-refractivity contribution in [1.82, 2.24) is 10.6 Å². The number of benzene rings is 4. The first-order chi connectivity index (χ1) is 17.5. The molecule has 0 aliphatic rings. The van der Waals surface area contributed by atoms with Gasteiger partial charge in [0, 0.05) is 0 Å². The van der Waals surface area contributed by atoms with Crippen LogP contribution in [0.3, 0.4) is 0 Å². The molecule has 0 aromatic heterocycles. The third-order valence-corrected chi connectivity index (χ3v) is 6.12. The fraction of sp³-hybridized carbons (Fsp3) is 0.133. The van der Waals surface area contributed by atoms with Crippen LogP contribution in [0.5, 0.6) is 5.75 Å². The lowest BCUT2D eigenvalue weighted by Gasteiger charge is -2.40. The van der Waals surface area contributed by atoms with Crippen LogP contribution in [0.1, 0.15) is 22.3 Å². The van der Waals surface area contributed by atoms with Gasteiger partial charge in [-0.05, 0) is 40.8 Å². The second kappa shape index (κ2) is 11.3. The summed E-state index contributed by atoms with van der Waals surface area (Å²) in [4.78, 5) is 24.6. The first-order valence-corrected chi connectivity index (χ1v) is 11.7. The van der Waals surface area contributed by atoms with Crippen molar-refractivity contribution in [3.05, 3.63) is 138 Å². The van der Waals surface area contributed by atoms with E-state index in [0.29, 0.717) is 0 Å². The molecule has 182 valence electrons. The number of hydrogen-bond donors (Lipinski definition) is 4. The lowest BCUT2D eigenvalue weighted by molar-refractivity contribution is -0.138. The highest BCUT2D eigenvalue weighted by atomic mass is 16.4. The number of aliphatic carboxylic acids is 1. The Kier molecular flexibility index (Phi) is 7.78. The largest absolute Gasteiger partial charge is 0.508 e. The first-order valence-electron chi connectivity index (χ1n) is 11.7. The van der Waals surface area contributed by atoms with Crippen molar-refractivity contribution in [1.29, 1.82) is 0 Å². The summed E-state index contributed by atoms with van der Waals surface area (Å²) in [5, 5.41) is 25.1. The Bertz CT molecular complexity index is 1180. The Labute approximate surface area is 210 Å². The zero-order valence-electron chi connectivity index (χ0n) is 19.7. The van der Waals surface area contributed by atoms with Crippen molar-refractivity contribution in [3.8, 4) is 5.75 Å². The van der Waals surface area contributed by atoms with Gasteiger partial charge in [0.25, 0.3) is 0 Å². The number of carboxylic acids is 1. The number of aromatic hydroxyl groups is 1. The number of phenols is 1. The molecule has 0 fully saturated rings. The summed E-state index contributed by atoms with van der Waals surface area (Å²) < 4.78 is 0. The number of carboxylic acid groups (broad SMARTS) is 1. The molecular formula is C30H28N2O4. The van der Waals surface area contributed by atoms with Gasteiger partial charge in [0.05, 0.1) is 11.6 Å². The van der Waals surface area contributed by atoms with Gasteiger partial charge in [-0.1, -0.05) is 103 Å². The molecule has 6 nitrogen and oxygen atoms in total. The van der Waals surface area contributed by atoms with Gasteiger partial charge in [-0.2, -0.15) is 0 Å². The highest BCUT2D eigenvalue weighted by molar-refractivity contribution is 5.85. The zero-order chi connectivity index (χ0) is 25.4. The normalized spacial score (nSPS) is 12.0. The predicted octanol–water partition coefficient (Wildman–Crippen LogP) is 4.09. The van der Waals surface area contributed by atoms with Gasteiger partial charge in [0.15, 0.2) is 0 Å². The third-order valence-electron chi connectivity index (χ3n) is 6.12.